The van der Waals surface area contributed by atoms with Crippen LogP contribution in [-0.2, 0) is 6.42 Å². The van der Waals surface area contributed by atoms with Crippen LogP contribution in [0.3, 0.4) is 0 Å². The summed E-state index contributed by atoms with van der Waals surface area (Å²) in [6, 6.07) is 7.27. The summed E-state index contributed by atoms with van der Waals surface area (Å²) >= 11 is 3.00. The lowest BCUT2D eigenvalue weighted by Crippen LogP contribution is -1.79. The van der Waals surface area contributed by atoms with Crippen molar-refractivity contribution in [2.45, 2.75) is 6.42 Å². The van der Waals surface area contributed by atoms with Gasteiger partial charge in [0.05, 0.1) is 0 Å². The molecule has 0 saturated heterocycles. The highest BCUT2D eigenvalue weighted by Gasteiger charge is 1.93. The highest BCUT2D eigenvalue weighted by Crippen LogP contribution is 2.15. The Hall–Kier alpha value is -0.600. The molecule has 0 aliphatic rings. The molecule has 1 N–H and O–H groups in total. The highest BCUT2D eigenvalue weighted by atomic mass is 35.7. The van der Waals surface area contributed by atoms with Crippen molar-refractivity contribution in [2.75, 3.05) is 0 Å². The summed E-state index contributed by atoms with van der Waals surface area (Å²) in [5, 5.41) is 9.19. The third-order valence-electron chi connectivity index (χ3n) is 1.36. The maximum atomic E-state index is 9.19. The second kappa shape index (κ2) is 7.07. The van der Waals surface area contributed by atoms with Gasteiger partial charge in [0.2, 0.25) is 0 Å². The number of phenolic OH excluding ortho intramolecular Hbond substituents is 1. The summed E-state index contributed by atoms with van der Waals surface area (Å²) in [6.45, 7) is 3.59. The number of phenols is 1. The Morgan fingerprint density at radius 1 is 1.42 bits per heavy atom. The van der Waals surface area contributed by atoms with Crippen LogP contribution in [0.5, 0.6) is 5.75 Å². The first-order valence-electron chi connectivity index (χ1n) is 3.39. The van der Waals surface area contributed by atoms with Crippen LogP contribution in [0.15, 0.2) is 36.9 Å². The van der Waals surface area contributed by atoms with Crippen LogP contribution >= 0.6 is 22.5 Å². The van der Waals surface area contributed by atoms with E-state index < -0.39 is 0 Å². The van der Waals surface area contributed by atoms with Crippen molar-refractivity contribution in [3.8, 4) is 5.75 Å². The number of hydrogen-bond donors (Lipinski definition) is 2. The van der Waals surface area contributed by atoms with Gasteiger partial charge in [0, 0.05) is 0 Å². The monoisotopic (exact) mass is 202 g/mol. The number of aromatic hydroxyl groups is 1. The fraction of sp³-hybridized carbons (Fsp3) is 0.111. The Balaban J connectivity index is 0.000000561. The lowest BCUT2D eigenvalue weighted by molar-refractivity contribution is 0.470. The number of hydrogen-bond acceptors (Lipinski definition) is 2. The third-order valence-corrected chi connectivity index (χ3v) is 1.36. The van der Waals surface area contributed by atoms with E-state index in [1.165, 1.54) is 0 Å². The maximum Gasteiger partial charge on any atom is 0.119 e. The average molecular weight is 203 g/mol. The summed E-state index contributed by atoms with van der Waals surface area (Å²) in [6.07, 6.45) is 2.50. The van der Waals surface area contributed by atoms with Gasteiger partial charge in [0.25, 0.3) is 0 Å². The van der Waals surface area contributed by atoms with Gasteiger partial charge in [0.1, 0.15) is 5.75 Å². The highest BCUT2D eigenvalue weighted by molar-refractivity contribution is 8.05. The summed E-state index contributed by atoms with van der Waals surface area (Å²) < 4.78 is 0. The zero-order valence-corrected chi connectivity index (χ0v) is 8.22. The van der Waals surface area contributed by atoms with E-state index in [4.69, 9.17) is 0 Å². The van der Waals surface area contributed by atoms with Gasteiger partial charge in [-0.15, -0.1) is 6.58 Å². The predicted molar refractivity (Wildman–Crippen MR) is 56.8 cm³/mol. The molecule has 1 aromatic rings. The van der Waals surface area contributed by atoms with Crippen molar-refractivity contribution in [2.24, 2.45) is 0 Å². The van der Waals surface area contributed by atoms with Gasteiger partial charge in [-0.1, -0.05) is 36.1 Å². The molecule has 0 atom stereocenters. The van der Waals surface area contributed by atoms with Crippen molar-refractivity contribution in [3.63, 3.8) is 0 Å². The molecule has 0 fully saturated rings. The lowest BCUT2D eigenvalue weighted by atomic mass is 10.1. The second-order valence-electron chi connectivity index (χ2n) is 2.12. The van der Waals surface area contributed by atoms with Crippen LogP contribution in [0.25, 0.3) is 0 Å². The average Bonchev–Trinajstić information content (AvgIpc) is 2.13. The molecule has 0 spiro atoms. The first-order valence-corrected chi connectivity index (χ1v) is 4.74. The lowest BCUT2D eigenvalue weighted by Gasteiger charge is -1.97. The summed E-state index contributed by atoms with van der Waals surface area (Å²) in [4.78, 5) is 0. The van der Waals surface area contributed by atoms with Gasteiger partial charge >= 0.3 is 0 Å². The molecular formula is C9H11ClOS. The normalized spacial score (nSPS) is 8.17. The van der Waals surface area contributed by atoms with E-state index in [0.717, 1.165) is 12.0 Å². The zero-order valence-electron chi connectivity index (χ0n) is 6.57. The van der Waals surface area contributed by atoms with E-state index >= 15 is 0 Å². The summed E-state index contributed by atoms with van der Waals surface area (Å²) in [5.41, 5.74) is 0.928. The molecule has 0 aromatic heterocycles. The number of benzene rings is 1. The molecule has 66 valence electrons. The first kappa shape index (κ1) is 11.4. The quantitative estimate of drug-likeness (QED) is 0.558. The number of halogens is 1. The molecular weight excluding hydrogens is 192 g/mol. The molecule has 0 unspecified atom stereocenters. The second-order valence-corrected chi connectivity index (χ2v) is 2.12. The van der Waals surface area contributed by atoms with Crippen LogP contribution in [0, 0.1) is 0 Å². The van der Waals surface area contributed by atoms with Crippen LogP contribution in [0.2, 0.25) is 0 Å². The molecule has 1 aromatic carbocycles. The maximum absolute atomic E-state index is 9.19. The standard InChI is InChI=1S/C9H10O.ClHS/c1-2-5-8-6-3-4-7-9(8)10;1-2/h2-4,6-7,10H,1,5H2;2H. The number of allylic oxidation sites excluding steroid dienone is 1. The molecule has 0 aliphatic heterocycles. The predicted octanol–water partition coefficient (Wildman–Crippen LogP) is 3.19. The van der Waals surface area contributed by atoms with E-state index in [2.05, 4.69) is 29.1 Å². The molecule has 0 heterocycles. The van der Waals surface area contributed by atoms with E-state index in [0.29, 0.717) is 5.75 Å². The third kappa shape index (κ3) is 3.69. The van der Waals surface area contributed by atoms with Crippen LogP contribution in [0.1, 0.15) is 5.56 Å². The SMILES string of the molecule is C=CCc1ccccc1O.SCl. The fourth-order valence-electron chi connectivity index (χ4n) is 0.839. The van der Waals surface area contributed by atoms with Gasteiger partial charge < -0.3 is 5.11 Å². The Kier molecular flexibility index (Phi) is 6.72. The smallest absolute Gasteiger partial charge is 0.119 e. The molecule has 0 saturated carbocycles. The van der Waals surface area contributed by atoms with Crippen molar-refractivity contribution in [1.29, 1.82) is 0 Å². The van der Waals surface area contributed by atoms with Crippen LogP contribution < -0.4 is 0 Å². The topological polar surface area (TPSA) is 20.2 Å². The number of rotatable bonds is 2. The van der Waals surface area contributed by atoms with E-state index in [-0.39, 0.29) is 0 Å². The summed E-state index contributed by atoms with van der Waals surface area (Å²) in [7, 11) is 4.33. The molecule has 1 nitrogen and oxygen atoms in total. The van der Waals surface area contributed by atoms with E-state index in [1.807, 2.05) is 18.2 Å². The molecule has 0 amide bonds. The molecule has 0 radical (unpaired) electrons. The van der Waals surface area contributed by atoms with Gasteiger partial charge in [-0.3, -0.25) is 0 Å². The Morgan fingerprint density at radius 3 is 2.50 bits per heavy atom. The van der Waals surface area contributed by atoms with E-state index in [1.54, 1.807) is 12.1 Å². The minimum absolute atomic E-state index is 0.349. The molecule has 0 bridgehead atoms. The Bertz CT molecular complexity index is 238. The van der Waals surface area contributed by atoms with Crippen LogP contribution in [0.4, 0.5) is 0 Å². The van der Waals surface area contributed by atoms with Crippen LogP contribution in [-0.4, -0.2) is 5.11 Å². The van der Waals surface area contributed by atoms with E-state index in [9.17, 15) is 5.11 Å². The molecule has 0 aliphatic carbocycles. The van der Waals surface area contributed by atoms with Crippen molar-refractivity contribution in [3.05, 3.63) is 42.5 Å². The van der Waals surface area contributed by atoms with Gasteiger partial charge in [-0.2, -0.15) is 0 Å². The van der Waals surface area contributed by atoms with Crippen molar-refractivity contribution in [1.82, 2.24) is 0 Å². The largest absolute Gasteiger partial charge is 0.508 e. The van der Waals surface area contributed by atoms with Gasteiger partial charge in [0.15, 0.2) is 0 Å². The number of thiol groups is 1. The Morgan fingerprint density at radius 2 is 2.00 bits per heavy atom. The summed E-state index contributed by atoms with van der Waals surface area (Å²) in [5.74, 6) is 0.349. The van der Waals surface area contributed by atoms with Gasteiger partial charge in [-0.05, 0) is 28.7 Å². The Labute approximate surface area is 82.6 Å². The molecule has 12 heavy (non-hydrogen) atoms. The van der Waals surface area contributed by atoms with Crippen molar-refractivity contribution < 1.29 is 5.11 Å². The fourth-order valence-corrected chi connectivity index (χ4v) is 0.839. The molecule has 1 rings (SSSR count). The minimum atomic E-state index is 0.349. The number of para-hydroxylation sites is 1. The van der Waals surface area contributed by atoms with Crippen molar-refractivity contribution >= 4 is 22.5 Å². The van der Waals surface area contributed by atoms with Gasteiger partial charge in [-0.25, -0.2) is 0 Å². The minimum Gasteiger partial charge on any atom is -0.508 e. The molecule has 3 heteroatoms. The first-order chi connectivity index (χ1) is 5.84. The zero-order chi connectivity index (χ0) is 9.40.